The van der Waals surface area contributed by atoms with Crippen molar-refractivity contribution >= 4 is 27.0 Å². The van der Waals surface area contributed by atoms with Crippen molar-refractivity contribution in [3.8, 4) is 0 Å². The number of nitrogens with one attached hydrogen (secondary N) is 2. The van der Waals surface area contributed by atoms with Gasteiger partial charge in [0.1, 0.15) is 5.82 Å². The predicted octanol–water partition coefficient (Wildman–Crippen LogP) is 2.32. The fourth-order valence-electron chi connectivity index (χ4n) is 3.38. The van der Waals surface area contributed by atoms with Crippen molar-refractivity contribution in [1.82, 2.24) is 19.6 Å². The van der Waals surface area contributed by atoms with Crippen LogP contribution in [0, 0.1) is 0 Å². The summed E-state index contributed by atoms with van der Waals surface area (Å²) >= 11 is 0. The van der Waals surface area contributed by atoms with Crippen molar-refractivity contribution in [3.05, 3.63) is 59.9 Å². The van der Waals surface area contributed by atoms with Gasteiger partial charge < -0.3 is 10.3 Å². The molecule has 0 bridgehead atoms. The van der Waals surface area contributed by atoms with Crippen molar-refractivity contribution in [1.29, 1.82) is 0 Å². The summed E-state index contributed by atoms with van der Waals surface area (Å²) in [5, 5.41) is 2.85. The summed E-state index contributed by atoms with van der Waals surface area (Å²) in [6.45, 7) is 1.56. The molecule has 1 amide bonds. The molecule has 0 unspecified atom stereocenters. The van der Waals surface area contributed by atoms with Gasteiger partial charge in [0.15, 0.2) is 0 Å². The maximum atomic E-state index is 12.5. The second-order valence-corrected chi connectivity index (χ2v) is 8.78. The largest absolute Gasteiger partial charge is 0.352 e. The van der Waals surface area contributed by atoms with Crippen molar-refractivity contribution < 1.29 is 13.2 Å². The molecule has 0 aliphatic carbocycles. The van der Waals surface area contributed by atoms with E-state index in [4.69, 9.17) is 0 Å². The number of hydrogen-bond acceptors (Lipinski definition) is 4. The van der Waals surface area contributed by atoms with Gasteiger partial charge in [-0.05, 0) is 49.2 Å². The molecule has 0 spiro atoms. The number of benzene rings is 2. The van der Waals surface area contributed by atoms with Crippen LogP contribution in [0.4, 0.5) is 0 Å². The van der Waals surface area contributed by atoms with Gasteiger partial charge in [-0.2, -0.15) is 4.31 Å². The number of H-pyrrole nitrogens is 1. The standard InChI is InChI=1S/C20H22N4O3S/c25-20(21-12-11-19-22-17-5-1-2-6-18(17)23-19)15-7-9-16(10-8-15)28(26,27)24-13-3-4-14-24/h1-2,5-10H,3-4,11-14H2,(H,21,25)(H,22,23). The van der Waals surface area contributed by atoms with Crippen LogP contribution in [0.5, 0.6) is 0 Å². The summed E-state index contributed by atoms with van der Waals surface area (Å²) in [6.07, 6.45) is 2.37. The van der Waals surface area contributed by atoms with Gasteiger partial charge >= 0.3 is 0 Å². The molecule has 2 heterocycles. The minimum absolute atomic E-state index is 0.230. The van der Waals surface area contributed by atoms with E-state index in [0.717, 1.165) is 29.7 Å². The number of amides is 1. The average Bonchev–Trinajstić information content (AvgIpc) is 3.38. The van der Waals surface area contributed by atoms with Crippen LogP contribution in [0.1, 0.15) is 29.0 Å². The van der Waals surface area contributed by atoms with Gasteiger partial charge in [-0.25, -0.2) is 13.4 Å². The Labute approximate surface area is 163 Å². The lowest BCUT2D eigenvalue weighted by Crippen LogP contribution is -2.28. The highest BCUT2D eigenvalue weighted by Gasteiger charge is 2.27. The van der Waals surface area contributed by atoms with Gasteiger partial charge in [-0.15, -0.1) is 0 Å². The number of para-hydroxylation sites is 2. The van der Waals surface area contributed by atoms with Crippen LogP contribution in [-0.2, 0) is 16.4 Å². The molecule has 3 aromatic rings. The van der Waals surface area contributed by atoms with Crippen LogP contribution < -0.4 is 5.32 Å². The Morgan fingerprint density at radius 1 is 1.07 bits per heavy atom. The second-order valence-electron chi connectivity index (χ2n) is 6.84. The van der Waals surface area contributed by atoms with Crippen molar-refractivity contribution in [3.63, 3.8) is 0 Å². The van der Waals surface area contributed by atoms with E-state index in [2.05, 4.69) is 15.3 Å². The number of fused-ring (bicyclic) bond motifs is 1. The van der Waals surface area contributed by atoms with Gasteiger partial charge in [-0.1, -0.05) is 12.1 Å². The maximum absolute atomic E-state index is 12.5. The Bertz CT molecular complexity index is 1050. The molecule has 1 aromatic heterocycles. The predicted molar refractivity (Wildman–Crippen MR) is 107 cm³/mol. The van der Waals surface area contributed by atoms with Gasteiger partial charge in [0.2, 0.25) is 10.0 Å². The molecule has 2 aromatic carbocycles. The third-order valence-electron chi connectivity index (χ3n) is 4.91. The van der Waals surface area contributed by atoms with E-state index in [0.29, 0.717) is 31.6 Å². The van der Waals surface area contributed by atoms with Gasteiger partial charge in [-0.3, -0.25) is 4.79 Å². The highest BCUT2D eigenvalue weighted by molar-refractivity contribution is 7.89. The zero-order chi connectivity index (χ0) is 19.6. The lowest BCUT2D eigenvalue weighted by molar-refractivity contribution is 0.0954. The summed E-state index contributed by atoms with van der Waals surface area (Å²) < 4.78 is 26.6. The fourth-order valence-corrected chi connectivity index (χ4v) is 4.89. The highest BCUT2D eigenvalue weighted by atomic mass is 32.2. The molecular formula is C20H22N4O3S. The summed E-state index contributed by atoms with van der Waals surface area (Å²) in [4.78, 5) is 20.3. The Morgan fingerprint density at radius 2 is 1.79 bits per heavy atom. The molecule has 1 aliphatic heterocycles. The number of nitrogens with zero attached hydrogens (tertiary/aromatic N) is 2. The Morgan fingerprint density at radius 3 is 2.50 bits per heavy atom. The van der Waals surface area contributed by atoms with E-state index in [9.17, 15) is 13.2 Å². The van der Waals surface area contributed by atoms with E-state index in [-0.39, 0.29) is 10.8 Å². The summed E-state index contributed by atoms with van der Waals surface area (Å²) in [7, 11) is -3.46. The smallest absolute Gasteiger partial charge is 0.251 e. The molecule has 8 heteroatoms. The Hall–Kier alpha value is -2.71. The summed E-state index contributed by atoms with van der Waals surface area (Å²) in [5.74, 6) is 0.579. The number of rotatable bonds is 6. The summed E-state index contributed by atoms with van der Waals surface area (Å²) in [5.41, 5.74) is 2.31. The normalized spacial score (nSPS) is 15.1. The molecule has 0 radical (unpaired) electrons. The zero-order valence-corrected chi connectivity index (χ0v) is 16.2. The van der Waals surface area contributed by atoms with E-state index in [1.54, 1.807) is 12.1 Å². The SMILES string of the molecule is O=C(NCCc1nc2ccccc2[nH]1)c1ccc(S(=O)(=O)N2CCCC2)cc1. The van der Waals surface area contributed by atoms with Gasteiger partial charge in [0.25, 0.3) is 5.91 Å². The number of sulfonamides is 1. The Balaban J connectivity index is 1.35. The van der Waals surface area contributed by atoms with Crippen molar-refractivity contribution in [2.75, 3.05) is 19.6 Å². The van der Waals surface area contributed by atoms with Gasteiger partial charge in [0.05, 0.1) is 15.9 Å². The molecule has 4 rings (SSSR count). The molecule has 1 saturated heterocycles. The molecule has 0 atom stereocenters. The van der Waals surface area contributed by atoms with Crippen LogP contribution in [0.2, 0.25) is 0 Å². The van der Waals surface area contributed by atoms with Crippen LogP contribution >= 0.6 is 0 Å². The zero-order valence-electron chi connectivity index (χ0n) is 15.4. The lowest BCUT2D eigenvalue weighted by atomic mass is 10.2. The van der Waals surface area contributed by atoms with Crippen LogP contribution in [0.15, 0.2) is 53.4 Å². The molecule has 0 saturated carbocycles. The molecule has 7 nitrogen and oxygen atoms in total. The minimum atomic E-state index is -3.46. The number of aromatic amines is 1. The van der Waals surface area contributed by atoms with Gasteiger partial charge in [0, 0.05) is 31.6 Å². The van der Waals surface area contributed by atoms with E-state index in [1.807, 2.05) is 24.3 Å². The molecule has 2 N–H and O–H groups in total. The van der Waals surface area contributed by atoms with Crippen molar-refractivity contribution in [2.24, 2.45) is 0 Å². The topological polar surface area (TPSA) is 95.2 Å². The fraction of sp³-hybridized carbons (Fsp3) is 0.300. The van der Waals surface area contributed by atoms with E-state index >= 15 is 0 Å². The first kappa shape index (κ1) is 18.6. The Kier molecular flexibility index (Phi) is 5.15. The molecule has 1 aliphatic rings. The third kappa shape index (κ3) is 3.79. The molecule has 1 fully saturated rings. The third-order valence-corrected chi connectivity index (χ3v) is 6.82. The molecule has 146 valence electrons. The quantitative estimate of drug-likeness (QED) is 0.666. The number of carbonyl (C=O) groups is 1. The lowest BCUT2D eigenvalue weighted by Gasteiger charge is -2.15. The maximum Gasteiger partial charge on any atom is 0.251 e. The number of aromatic nitrogens is 2. The molecule has 28 heavy (non-hydrogen) atoms. The highest BCUT2D eigenvalue weighted by Crippen LogP contribution is 2.21. The van der Waals surface area contributed by atoms with Crippen LogP contribution in [-0.4, -0.2) is 48.2 Å². The first-order valence-electron chi connectivity index (χ1n) is 9.36. The van der Waals surface area contributed by atoms with Crippen molar-refractivity contribution in [2.45, 2.75) is 24.2 Å². The molecular weight excluding hydrogens is 376 g/mol. The minimum Gasteiger partial charge on any atom is -0.352 e. The van der Waals surface area contributed by atoms with E-state index < -0.39 is 10.0 Å². The number of hydrogen-bond donors (Lipinski definition) is 2. The first-order valence-corrected chi connectivity index (χ1v) is 10.8. The second kappa shape index (κ2) is 7.73. The number of carbonyl (C=O) groups excluding carboxylic acids is 1. The van der Waals surface area contributed by atoms with Crippen LogP contribution in [0.25, 0.3) is 11.0 Å². The summed E-state index contributed by atoms with van der Waals surface area (Å²) in [6, 6.07) is 13.9. The number of imidazole rings is 1. The van der Waals surface area contributed by atoms with E-state index in [1.165, 1.54) is 16.4 Å². The monoisotopic (exact) mass is 398 g/mol. The first-order chi connectivity index (χ1) is 13.5. The van der Waals surface area contributed by atoms with Crippen LogP contribution in [0.3, 0.4) is 0 Å². The average molecular weight is 398 g/mol.